The van der Waals surface area contributed by atoms with Crippen LogP contribution >= 0.6 is 0 Å². The molecule has 1 unspecified atom stereocenters. The van der Waals surface area contributed by atoms with Crippen molar-refractivity contribution in [3.05, 3.63) is 0 Å². The molecule has 5 heteroatoms. The summed E-state index contributed by atoms with van der Waals surface area (Å²) in [5.41, 5.74) is 5.95. The van der Waals surface area contributed by atoms with E-state index in [-0.39, 0.29) is 40.6 Å². The van der Waals surface area contributed by atoms with Crippen molar-refractivity contribution in [2.45, 2.75) is 46.2 Å². The largest absolute Gasteiger partial charge is 0.355 e. The van der Waals surface area contributed by atoms with Crippen LogP contribution in [0.25, 0.3) is 0 Å². The van der Waals surface area contributed by atoms with E-state index < -0.39 is 0 Å². The molecule has 1 aliphatic carbocycles. The predicted molar refractivity (Wildman–Crippen MR) is 68.6 cm³/mol. The fourth-order valence-electron chi connectivity index (χ4n) is 3.60. The van der Waals surface area contributed by atoms with Crippen LogP contribution in [0, 0.1) is 16.7 Å². The third kappa shape index (κ3) is 1.81. The van der Waals surface area contributed by atoms with Crippen molar-refractivity contribution in [1.82, 2.24) is 10.6 Å². The van der Waals surface area contributed by atoms with Crippen LogP contribution in [0.1, 0.15) is 34.1 Å². The number of nitrogens with two attached hydrogens (primary N) is 1. The number of carbonyl (C=O) groups excluding carboxylic acids is 2. The van der Waals surface area contributed by atoms with Gasteiger partial charge in [-0.2, -0.15) is 0 Å². The molecule has 2 amide bonds. The van der Waals surface area contributed by atoms with Crippen molar-refractivity contribution in [1.29, 1.82) is 0 Å². The average Bonchev–Trinajstić information content (AvgIpc) is 2.71. The standard InChI is InChI=1S/C13H23N3O2/c1-12(2)10(14)13(3,4)11(12)16-9(18)7-5-8(17)15-6-7/h7,10-11H,5-6,14H2,1-4H3,(H,15,17)(H,16,18). The van der Waals surface area contributed by atoms with E-state index in [1.807, 2.05) is 0 Å². The Hall–Kier alpha value is -1.10. The van der Waals surface area contributed by atoms with Crippen molar-refractivity contribution in [3.63, 3.8) is 0 Å². The Labute approximate surface area is 108 Å². The van der Waals surface area contributed by atoms with E-state index in [0.717, 1.165) is 0 Å². The molecule has 5 nitrogen and oxygen atoms in total. The van der Waals surface area contributed by atoms with Gasteiger partial charge in [0.25, 0.3) is 0 Å². The first-order valence-electron chi connectivity index (χ1n) is 6.50. The van der Waals surface area contributed by atoms with Crippen LogP contribution in [0.2, 0.25) is 0 Å². The lowest BCUT2D eigenvalue weighted by molar-refractivity contribution is -0.136. The van der Waals surface area contributed by atoms with Crippen molar-refractivity contribution >= 4 is 11.8 Å². The topological polar surface area (TPSA) is 84.2 Å². The second-order valence-corrected chi connectivity index (χ2v) is 6.77. The molecule has 1 aliphatic heterocycles. The van der Waals surface area contributed by atoms with E-state index in [1.54, 1.807) is 0 Å². The number of hydrogen-bond acceptors (Lipinski definition) is 3. The first-order chi connectivity index (χ1) is 8.17. The van der Waals surface area contributed by atoms with Crippen molar-refractivity contribution in [2.24, 2.45) is 22.5 Å². The van der Waals surface area contributed by atoms with Crippen molar-refractivity contribution in [2.75, 3.05) is 6.54 Å². The molecule has 18 heavy (non-hydrogen) atoms. The maximum atomic E-state index is 12.1. The van der Waals surface area contributed by atoms with Crippen LogP contribution in [-0.4, -0.2) is 30.4 Å². The molecule has 0 aromatic carbocycles. The molecule has 102 valence electrons. The normalized spacial score (nSPS) is 36.7. The second kappa shape index (κ2) is 3.95. The summed E-state index contributed by atoms with van der Waals surface area (Å²) in [5.74, 6) is -0.314. The Balaban J connectivity index is 2.01. The molecule has 1 saturated heterocycles. The van der Waals surface area contributed by atoms with Crippen LogP contribution in [0.4, 0.5) is 0 Å². The molecule has 1 saturated carbocycles. The summed E-state index contributed by atoms with van der Waals surface area (Å²) < 4.78 is 0. The van der Waals surface area contributed by atoms with E-state index in [4.69, 9.17) is 5.73 Å². The molecule has 1 heterocycles. The number of amides is 2. The fraction of sp³-hybridized carbons (Fsp3) is 0.846. The molecular weight excluding hydrogens is 230 g/mol. The van der Waals surface area contributed by atoms with Crippen LogP contribution in [0.5, 0.6) is 0 Å². The van der Waals surface area contributed by atoms with Crippen LogP contribution < -0.4 is 16.4 Å². The van der Waals surface area contributed by atoms with Gasteiger partial charge in [-0.25, -0.2) is 0 Å². The highest BCUT2D eigenvalue weighted by molar-refractivity contribution is 5.89. The minimum absolute atomic E-state index is 0.0357. The van der Waals surface area contributed by atoms with E-state index in [2.05, 4.69) is 38.3 Å². The molecular formula is C13H23N3O2. The SMILES string of the molecule is CC1(C)C(N)C(C)(C)C1NC(=O)C1CNC(=O)C1. The predicted octanol–water partition coefficient (Wildman–Crippen LogP) is 0.000600. The smallest absolute Gasteiger partial charge is 0.225 e. The summed E-state index contributed by atoms with van der Waals surface area (Å²) in [5, 5.41) is 5.76. The summed E-state index contributed by atoms with van der Waals surface area (Å²) in [7, 11) is 0. The molecule has 2 fully saturated rings. The maximum absolute atomic E-state index is 12.1. The molecule has 4 N–H and O–H groups in total. The Morgan fingerprint density at radius 1 is 1.33 bits per heavy atom. The molecule has 0 bridgehead atoms. The van der Waals surface area contributed by atoms with Crippen LogP contribution in [0.3, 0.4) is 0 Å². The zero-order valence-electron chi connectivity index (χ0n) is 11.5. The van der Waals surface area contributed by atoms with Gasteiger partial charge in [0.2, 0.25) is 11.8 Å². The summed E-state index contributed by atoms with van der Waals surface area (Å²) in [6.07, 6.45) is 0.297. The van der Waals surface area contributed by atoms with Crippen molar-refractivity contribution in [3.8, 4) is 0 Å². The van der Waals surface area contributed by atoms with E-state index in [1.165, 1.54) is 0 Å². The number of carbonyl (C=O) groups is 2. The molecule has 0 aromatic heterocycles. The average molecular weight is 253 g/mol. The van der Waals surface area contributed by atoms with Gasteiger partial charge in [0.1, 0.15) is 0 Å². The van der Waals surface area contributed by atoms with Crippen molar-refractivity contribution < 1.29 is 9.59 Å². The Kier molecular flexibility index (Phi) is 2.93. The van der Waals surface area contributed by atoms with Gasteiger partial charge >= 0.3 is 0 Å². The van der Waals surface area contributed by atoms with Gasteiger partial charge in [-0.1, -0.05) is 27.7 Å². The molecule has 2 aliphatic rings. The summed E-state index contributed by atoms with van der Waals surface area (Å²) in [6.45, 7) is 8.75. The first-order valence-corrected chi connectivity index (χ1v) is 6.50. The van der Waals surface area contributed by atoms with Gasteiger partial charge in [0, 0.05) is 35.9 Å². The zero-order valence-corrected chi connectivity index (χ0v) is 11.5. The Bertz CT molecular complexity index is 374. The summed E-state index contributed by atoms with van der Waals surface area (Å²) in [4.78, 5) is 23.3. The van der Waals surface area contributed by atoms with Gasteiger partial charge in [0.05, 0.1) is 5.92 Å². The molecule has 0 radical (unpaired) electrons. The minimum atomic E-state index is -0.235. The van der Waals surface area contributed by atoms with E-state index in [0.29, 0.717) is 13.0 Å². The second-order valence-electron chi connectivity index (χ2n) is 6.77. The molecule has 2 rings (SSSR count). The fourth-order valence-corrected chi connectivity index (χ4v) is 3.60. The molecule has 0 aromatic rings. The minimum Gasteiger partial charge on any atom is -0.355 e. The monoisotopic (exact) mass is 253 g/mol. The van der Waals surface area contributed by atoms with Gasteiger partial charge < -0.3 is 16.4 Å². The van der Waals surface area contributed by atoms with Crippen LogP contribution in [-0.2, 0) is 9.59 Å². The van der Waals surface area contributed by atoms with Gasteiger partial charge in [-0.3, -0.25) is 9.59 Å². The Morgan fingerprint density at radius 3 is 2.33 bits per heavy atom. The number of nitrogens with one attached hydrogen (secondary N) is 2. The summed E-state index contributed by atoms with van der Waals surface area (Å²) >= 11 is 0. The van der Waals surface area contributed by atoms with Gasteiger partial charge in [-0.05, 0) is 0 Å². The highest BCUT2D eigenvalue weighted by atomic mass is 16.2. The lowest BCUT2D eigenvalue weighted by Gasteiger charge is -2.63. The maximum Gasteiger partial charge on any atom is 0.225 e. The number of rotatable bonds is 2. The third-order valence-electron chi connectivity index (χ3n) is 4.73. The number of hydrogen-bond donors (Lipinski definition) is 3. The quantitative estimate of drug-likeness (QED) is 0.647. The zero-order chi connectivity index (χ0) is 13.7. The summed E-state index contributed by atoms with van der Waals surface area (Å²) in [6, 6.07) is 0.127. The highest BCUT2D eigenvalue weighted by Gasteiger charge is 2.60. The lowest BCUT2D eigenvalue weighted by Crippen LogP contribution is -2.76. The van der Waals surface area contributed by atoms with Gasteiger partial charge in [-0.15, -0.1) is 0 Å². The Morgan fingerprint density at radius 2 is 1.89 bits per heavy atom. The molecule has 0 spiro atoms. The first kappa shape index (κ1) is 13.3. The van der Waals surface area contributed by atoms with E-state index >= 15 is 0 Å². The van der Waals surface area contributed by atoms with Crippen LogP contribution in [0.15, 0.2) is 0 Å². The molecule has 1 atom stereocenters. The lowest BCUT2D eigenvalue weighted by atomic mass is 9.48. The van der Waals surface area contributed by atoms with E-state index in [9.17, 15) is 9.59 Å². The third-order valence-corrected chi connectivity index (χ3v) is 4.73. The highest BCUT2D eigenvalue weighted by Crippen LogP contribution is 2.52. The van der Waals surface area contributed by atoms with Gasteiger partial charge in [0.15, 0.2) is 0 Å².